The molecule has 0 saturated carbocycles. The van der Waals surface area contributed by atoms with Gasteiger partial charge in [-0.2, -0.15) is 0 Å². The maximum atomic E-state index is 11.9. The first-order valence-corrected chi connectivity index (χ1v) is 6.83. The van der Waals surface area contributed by atoms with Crippen LogP contribution >= 0.6 is 0 Å². The summed E-state index contributed by atoms with van der Waals surface area (Å²) in [5, 5.41) is 5.18. The number of anilines is 1. The number of hydrogen-bond donors (Lipinski definition) is 2. The molecule has 1 fully saturated rings. The highest BCUT2D eigenvalue weighted by atomic mass is 16.5. The molecular formula is C15H18N2O4. The molecule has 0 bridgehead atoms. The molecule has 0 radical (unpaired) electrons. The SMILES string of the molecule is Cc1ccc(NC(=O)[C@H](C)OC(=O)[C@@H]2CCC(=O)N2)cc1. The quantitative estimate of drug-likeness (QED) is 0.815. The Bertz CT molecular complexity index is 553. The predicted octanol–water partition coefficient (Wildman–Crippen LogP) is 1.14. The van der Waals surface area contributed by atoms with Crippen LogP contribution in [0.5, 0.6) is 0 Å². The topological polar surface area (TPSA) is 84.5 Å². The number of carbonyl (C=O) groups is 3. The van der Waals surface area contributed by atoms with Gasteiger partial charge in [-0.1, -0.05) is 17.7 Å². The number of ether oxygens (including phenoxy) is 1. The van der Waals surface area contributed by atoms with Crippen molar-refractivity contribution in [3.63, 3.8) is 0 Å². The third-order valence-corrected chi connectivity index (χ3v) is 3.26. The third-order valence-electron chi connectivity index (χ3n) is 3.26. The average molecular weight is 290 g/mol. The summed E-state index contributed by atoms with van der Waals surface area (Å²) in [7, 11) is 0. The van der Waals surface area contributed by atoms with E-state index in [1.807, 2.05) is 19.1 Å². The standard InChI is InChI=1S/C15H18N2O4/c1-9-3-5-11(6-4-9)16-14(19)10(2)21-15(20)12-7-8-13(18)17-12/h3-6,10,12H,7-8H2,1-2H3,(H,16,19)(H,17,18)/t10-,12-/m0/s1. The van der Waals surface area contributed by atoms with Gasteiger partial charge in [0.05, 0.1) is 0 Å². The van der Waals surface area contributed by atoms with Gasteiger partial charge in [0, 0.05) is 12.1 Å². The normalized spacial score (nSPS) is 18.8. The number of carbonyl (C=O) groups excluding carboxylic acids is 3. The molecule has 112 valence electrons. The first-order valence-electron chi connectivity index (χ1n) is 6.83. The lowest BCUT2D eigenvalue weighted by molar-refractivity contribution is -0.155. The number of amides is 2. The van der Waals surface area contributed by atoms with E-state index in [9.17, 15) is 14.4 Å². The Hall–Kier alpha value is -2.37. The fraction of sp³-hybridized carbons (Fsp3) is 0.400. The highest BCUT2D eigenvalue weighted by molar-refractivity contribution is 5.96. The molecule has 2 amide bonds. The van der Waals surface area contributed by atoms with Crippen LogP contribution in [0.2, 0.25) is 0 Å². The summed E-state index contributed by atoms with van der Waals surface area (Å²) in [4.78, 5) is 34.8. The third kappa shape index (κ3) is 4.05. The average Bonchev–Trinajstić information content (AvgIpc) is 2.88. The molecule has 0 aromatic heterocycles. The van der Waals surface area contributed by atoms with Crippen LogP contribution in [0.25, 0.3) is 0 Å². The number of hydrogen-bond acceptors (Lipinski definition) is 4. The van der Waals surface area contributed by atoms with Crippen LogP contribution in [0.1, 0.15) is 25.3 Å². The molecule has 1 aromatic rings. The second-order valence-corrected chi connectivity index (χ2v) is 5.09. The van der Waals surface area contributed by atoms with Crippen molar-refractivity contribution in [1.29, 1.82) is 0 Å². The molecule has 21 heavy (non-hydrogen) atoms. The number of aryl methyl sites for hydroxylation is 1. The Balaban J connectivity index is 1.86. The van der Waals surface area contributed by atoms with Crippen LogP contribution in [0.15, 0.2) is 24.3 Å². The van der Waals surface area contributed by atoms with Crippen molar-refractivity contribution < 1.29 is 19.1 Å². The fourth-order valence-electron chi connectivity index (χ4n) is 1.98. The van der Waals surface area contributed by atoms with Gasteiger partial charge in [0.15, 0.2) is 6.10 Å². The fourth-order valence-corrected chi connectivity index (χ4v) is 1.98. The van der Waals surface area contributed by atoms with Crippen LogP contribution in [0.3, 0.4) is 0 Å². The Morgan fingerprint density at radius 1 is 1.33 bits per heavy atom. The monoisotopic (exact) mass is 290 g/mol. The van der Waals surface area contributed by atoms with Crippen molar-refractivity contribution in [2.45, 2.75) is 38.8 Å². The van der Waals surface area contributed by atoms with Crippen molar-refractivity contribution in [2.75, 3.05) is 5.32 Å². The molecule has 2 rings (SSSR count). The van der Waals surface area contributed by atoms with E-state index in [1.54, 1.807) is 12.1 Å². The number of esters is 1. The van der Waals surface area contributed by atoms with Crippen molar-refractivity contribution in [3.05, 3.63) is 29.8 Å². The number of benzene rings is 1. The molecule has 0 spiro atoms. The van der Waals surface area contributed by atoms with Crippen molar-refractivity contribution in [1.82, 2.24) is 5.32 Å². The molecule has 1 saturated heterocycles. The highest BCUT2D eigenvalue weighted by Gasteiger charge is 2.30. The van der Waals surface area contributed by atoms with Crippen molar-refractivity contribution >= 4 is 23.5 Å². The zero-order chi connectivity index (χ0) is 15.4. The van der Waals surface area contributed by atoms with Gasteiger partial charge in [-0.15, -0.1) is 0 Å². The Kier molecular flexibility index (Phi) is 4.57. The zero-order valence-corrected chi connectivity index (χ0v) is 12.0. The maximum absolute atomic E-state index is 11.9. The zero-order valence-electron chi connectivity index (χ0n) is 12.0. The van der Waals surface area contributed by atoms with Crippen LogP contribution in [-0.4, -0.2) is 29.9 Å². The first-order chi connectivity index (χ1) is 9.95. The Morgan fingerprint density at radius 2 is 2.00 bits per heavy atom. The minimum absolute atomic E-state index is 0.172. The maximum Gasteiger partial charge on any atom is 0.329 e. The van der Waals surface area contributed by atoms with Gasteiger partial charge in [0.2, 0.25) is 5.91 Å². The van der Waals surface area contributed by atoms with Gasteiger partial charge in [-0.05, 0) is 32.4 Å². The van der Waals surface area contributed by atoms with E-state index in [1.165, 1.54) is 6.92 Å². The minimum Gasteiger partial charge on any atom is -0.451 e. The van der Waals surface area contributed by atoms with Crippen LogP contribution in [0.4, 0.5) is 5.69 Å². The summed E-state index contributed by atoms with van der Waals surface area (Å²) < 4.78 is 5.07. The molecule has 2 N–H and O–H groups in total. The molecule has 0 unspecified atom stereocenters. The number of nitrogens with one attached hydrogen (secondary N) is 2. The highest BCUT2D eigenvalue weighted by Crippen LogP contribution is 2.12. The predicted molar refractivity (Wildman–Crippen MR) is 76.5 cm³/mol. The van der Waals surface area contributed by atoms with Gasteiger partial charge in [-0.25, -0.2) is 4.79 Å². The van der Waals surface area contributed by atoms with Crippen LogP contribution < -0.4 is 10.6 Å². The lowest BCUT2D eigenvalue weighted by atomic mass is 10.2. The first kappa shape index (κ1) is 15.0. The van der Waals surface area contributed by atoms with Gasteiger partial charge >= 0.3 is 5.97 Å². The van der Waals surface area contributed by atoms with E-state index < -0.39 is 24.0 Å². The summed E-state index contributed by atoms with van der Waals surface area (Å²) in [6.45, 7) is 3.45. The van der Waals surface area contributed by atoms with Crippen LogP contribution in [0, 0.1) is 6.92 Å². The van der Waals surface area contributed by atoms with E-state index in [4.69, 9.17) is 4.74 Å². The summed E-state index contributed by atoms with van der Waals surface area (Å²) in [6.07, 6.45) is -0.204. The van der Waals surface area contributed by atoms with E-state index in [0.29, 0.717) is 18.5 Å². The summed E-state index contributed by atoms with van der Waals surface area (Å²) in [5.74, 6) is -1.15. The lowest BCUT2D eigenvalue weighted by Crippen LogP contribution is -2.39. The molecule has 1 aliphatic heterocycles. The Labute approximate surface area is 122 Å². The van der Waals surface area contributed by atoms with E-state index in [2.05, 4.69) is 10.6 Å². The largest absolute Gasteiger partial charge is 0.451 e. The molecule has 0 aliphatic carbocycles. The molecular weight excluding hydrogens is 272 g/mol. The van der Waals surface area contributed by atoms with E-state index >= 15 is 0 Å². The summed E-state index contributed by atoms with van der Waals surface area (Å²) in [5.41, 5.74) is 1.73. The molecule has 6 nitrogen and oxygen atoms in total. The van der Waals surface area contributed by atoms with Gasteiger partial charge in [0.1, 0.15) is 6.04 Å². The second-order valence-electron chi connectivity index (χ2n) is 5.09. The van der Waals surface area contributed by atoms with Crippen molar-refractivity contribution in [2.24, 2.45) is 0 Å². The van der Waals surface area contributed by atoms with Gasteiger partial charge < -0.3 is 15.4 Å². The summed E-state index contributed by atoms with van der Waals surface area (Å²) >= 11 is 0. The molecule has 6 heteroatoms. The molecule has 2 atom stereocenters. The molecule has 1 aromatic carbocycles. The molecule has 1 heterocycles. The number of rotatable bonds is 4. The van der Waals surface area contributed by atoms with E-state index in [0.717, 1.165) is 5.56 Å². The lowest BCUT2D eigenvalue weighted by Gasteiger charge is -2.16. The van der Waals surface area contributed by atoms with Gasteiger partial charge in [0.25, 0.3) is 5.91 Å². The van der Waals surface area contributed by atoms with E-state index in [-0.39, 0.29) is 5.91 Å². The smallest absolute Gasteiger partial charge is 0.329 e. The molecule has 1 aliphatic rings. The minimum atomic E-state index is -0.920. The van der Waals surface area contributed by atoms with Crippen LogP contribution in [-0.2, 0) is 19.1 Å². The van der Waals surface area contributed by atoms with Crippen molar-refractivity contribution in [3.8, 4) is 0 Å². The second kappa shape index (κ2) is 6.39. The van der Waals surface area contributed by atoms with Gasteiger partial charge in [-0.3, -0.25) is 9.59 Å². The Morgan fingerprint density at radius 3 is 2.57 bits per heavy atom. The summed E-state index contributed by atoms with van der Waals surface area (Å²) in [6, 6.07) is 6.66.